The standard InChI is InChI=1S/C12H20O4.2Na.2H/c1-12(2)8(9(12)7-11(15)16)5-3-4-6-10(13)14;;;;/h8-9H,3-7H2,1-2H3,(H,13,14)(H,15,16);;;;/q;2*+1;2*-1. The minimum absolute atomic E-state index is 0. The smallest absolute Gasteiger partial charge is 1.00 e. The summed E-state index contributed by atoms with van der Waals surface area (Å²) in [6, 6.07) is 0. The van der Waals surface area contributed by atoms with Gasteiger partial charge in [0.25, 0.3) is 0 Å². The molecule has 2 N–H and O–H groups in total. The third-order valence-electron chi connectivity index (χ3n) is 3.84. The molecule has 1 saturated carbocycles. The van der Waals surface area contributed by atoms with E-state index in [-0.39, 0.29) is 86.1 Å². The van der Waals surface area contributed by atoms with Crippen LogP contribution in [-0.4, -0.2) is 22.2 Å². The molecule has 1 fully saturated rings. The maximum Gasteiger partial charge on any atom is 1.00 e. The number of unbranched alkanes of at least 4 members (excludes halogenated alkanes) is 1. The van der Waals surface area contributed by atoms with E-state index in [1.807, 2.05) is 0 Å². The molecule has 1 rings (SSSR count). The van der Waals surface area contributed by atoms with Crippen molar-refractivity contribution in [3.8, 4) is 0 Å². The van der Waals surface area contributed by atoms with Gasteiger partial charge in [-0.2, -0.15) is 0 Å². The topological polar surface area (TPSA) is 74.6 Å². The van der Waals surface area contributed by atoms with Crippen LogP contribution in [-0.2, 0) is 9.59 Å². The molecule has 0 aromatic heterocycles. The zero-order valence-electron chi connectivity index (χ0n) is 13.9. The van der Waals surface area contributed by atoms with Crippen molar-refractivity contribution in [1.82, 2.24) is 0 Å². The van der Waals surface area contributed by atoms with E-state index in [2.05, 4.69) is 13.8 Å². The Labute approximate surface area is 155 Å². The molecule has 0 spiro atoms. The largest absolute Gasteiger partial charge is 1.00 e. The molecule has 6 heteroatoms. The first-order valence-electron chi connectivity index (χ1n) is 5.79. The predicted octanol–water partition coefficient (Wildman–Crippen LogP) is -3.39. The molecule has 0 aromatic rings. The van der Waals surface area contributed by atoms with Crippen LogP contribution < -0.4 is 59.1 Å². The Bertz CT molecular complexity index is 301. The fourth-order valence-corrected chi connectivity index (χ4v) is 2.66. The van der Waals surface area contributed by atoms with Crippen molar-refractivity contribution >= 4 is 11.9 Å². The van der Waals surface area contributed by atoms with Crippen molar-refractivity contribution in [3.05, 3.63) is 0 Å². The van der Waals surface area contributed by atoms with E-state index in [4.69, 9.17) is 10.2 Å². The minimum Gasteiger partial charge on any atom is -1.00 e. The van der Waals surface area contributed by atoms with E-state index in [9.17, 15) is 9.59 Å². The molecule has 0 saturated heterocycles. The van der Waals surface area contributed by atoms with Crippen molar-refractivity contribution in [3.63, 3.8) is 0 Å². The van der Waals surface area contributed by atoms with Crippen LogP contribution in [0.25, 0.3) is 0 Å². The Balaban J connectivity index is -0.000000320. The third-order valence-corrected chi connectivity index (χ3v) is 3.84. The van der Waals surface area contributed by atoms with Crippen LogP contribution in [0.2, 0.25) is 0 Å². The Morgan fingerprint density at radius 1 is 1.06 bits per heavy atom. The molecule has 0 radical (unpaired) electrons. The number of hydrogen-bond donors (Lipinski definition) is 2. The Hall–Kier alpha value is 0.940. The Kier molecular flexibility index (Phi) is 10.6. The van der Waals surface area contributed by atoms with Gasteiger partial charge in [0.05, 0.1) is 0 Å². The van der Waals surface area contributed by atoms with Gasteiger partial charge in [0.2, 0.25) is 0 Å². The minimum atomic E-state index is -0.753. The second kappa shape index (κ2) is 8.98. The zero-order valence-corrected chi connectivity index (χ0v) is 15.9. The van der Waals surface area contributed by atoms with Gasteiger partial charge >= 0.3 is 71.1 Å². The molecule has 0 amide bonds. The van der Waals surface area contributed by atoms with E-state index in [1.54, 1.807) is 0 Å². The molecular weight excluding hydrogens is 254 g/mol. The van der Waals surface area contributed by atoms with E-state index in [0.29, 0.717) is 12.3 Å². The van der Waals surface area contributed by atoms with Crippen molar-refractivity contribution in [1.29, 1.82) is 0 Å². The van der Waals surface area contributed by atoms with E-state index < -0.39 is 11.9 Å². The molecule has 0 aromatic carbocycles. The number of rotatable bonds is 7. The Morgan fingerprint density at radius 3 is 2.06 bits per heavy atom. The summed E-state index contributed by atoms with van der Waals surface area (Å²) in [6.45, 7) is 4.20. The summed E-state index contributed by atoms with van der Waals surface area (Å²) in [7, 11) is 0. The number of carbonyl (C=O) groups is 2. The quantitative estimate of drug-likeness (QED) is 0.376. The first-order chi connectivity index (χ1) is 7.35. The van der Waals surface area contributed by atoms with Gasteiger partial charge in [-0.15, -0.1) is 0 Å². The molecule has 0 aliphatic heterocycles. The summed E-state index contributed by atoms with van der Waals surface area (Å²) in [4.78, 5) is 20.9. The average molecular weight is 276 g/mol. The van der Waals surface area contributed by atoms with E-state index in [0.717, 1.165) is 12.8 Å². The molecule has 2 atom stereocenters. The number of carboxylic acid groups (broad SMARTS) is 2. The summed E-state index contributed by atoms with van der Waals surface area (Å²) >= 11 is 0. The predicted molar refractivity (Wildman–Crippen MR) is 61.3 cm³/mol. The number of hydrogen-bond acceptors (Lipinski definition) is 2. The molecular formula is C12H22Na2O4. The first kappa shape index (κ1) is 21.2. The van der Waals surface area contributed by atoms with Gasteiger partial charge in [-0.3, -0.25) is 9.59 Å². The molecule has 4 nitrogen and oxygen atoms in total. The maximum atomic E-state index is 10.6. The van der Waals surface area contributed by atoms with Gasteiger partial charge in [0, 0.05) is 12.8 Å². The summed E-state index contributed by atoms with van der Waals surface area (Å²) in [5.41, 5.74) is 0.127. The fourth-order valence-electron chi connectivity index (χ4n) is 2.66. The first-order valence-corrected chi connectivity index (χ1v) is 5.79. The van der Waals surface area contributed by atoms with Crippen LogP contribution in [0.15, 0.2) is 0 Å². The summed E-state index contributed by atoms with van der Waals surface area (Å²) < 4.78 is 0. The average Bonchev–Trinajstić information content (AvgIpc) is 2.61. The molecule has 0 heterocycles. The zero-order chi connectivity index (χ0) is 12.3. The van der Waals surface area contributed by atoms with Crippen LogP contribution in [0.4, 0.5) is 0 Å². The Morgan fingerprint density at radius 2 is 1.61 bits per heavy atom. The van der Waals surface area contributed by atoms with Crippen LogP contribution in [0, 0.1) is 17.3 Å². The van der Waals surface area contributed by atoms with Crippen LogP contribution in [0.3, 0.4) is 0 Å². The van der Waals surface area contributed by atoms with Crippen LogP contribution >= 0.6 is 0 Å². The van der Waals surface area contributed by atoms with Gasteiger partial charge in [-0.25, -0.2) is 0 Å². The molecule has 0 bridgehead atoms. The fraction of sp³-hybridized carbons (Fsp3) is 0.833. The van der Waals surface area contributed by atoms with Crippen molar-refractivity contribution in [2.45, 2.75) is 46.0 Å². The molecule has 1 aliphatic carbocycles. The molecule has 96 valence electrons. The third kappa shape index (κ3) is 6.40. The SMILES string of the molecule is CC1(C)C(CCCCC(=O)O)C1CC(=O)O.[H-].[H-].[Na+].[Na+]. The van der Waals surface area contributed by atoms with E-state index in [1.165, 1.54) is 0 Å². The summed E-state index contributed by atoms with van der Waals surface area (Å²) in [6.07, 6.45) is 3.00. The van der Waals surface area contributed by atoms with Crippen LogP contribution in [0.5, 0.6) is 0 Å². The second-order valence-corrected chi connectivity index (χ2v) is 5.27. The molecule has 2 unspecified atom stereocenters. The normalized spacial score (nSPS) is 23.4. The monoisotopic (exact) mass is 276 g/mol. The van der Waals surface area contributed by atoms with Gasteiger partial charge in [0.1, 0.15) is 0 Å². The molecule has 1 aliphatic rings. The molecule has 18 heavy (non-hydrogen) atoms. The van der Waals surface area contributed by atoms with E-state index >= 15 is 0 Å². The van der Waals surface area contributed by atoms with Gasteiger partial charge in [-0.05, 0) is 30.1 Å². The van der Waals surface area contributed by atoms with Gasteiger partial charge in [-0.1, -0.05) is 20.3 Å². The summed E-state index contributed by atoms with van der Waals surface area (Å²) in [5.74, 6) is -0.754. The maximum absolute atomic E-state index is 10.6. The van der Waals surface area contributed by atoms with Gasteiger partial charge in [0.15, 0.2) is 0 Å². The van der Waals surface area contributed by atoms with Crippen molar-refractivity contribution < 1.29 is 81.8 Å². The summed E-state index contributed by atoms with van der Waals surface area (Å²) in [5, 5.41) is 17.2. The second-order valence-electron chi connectivity index (χ2n) is 5.27. The van der Waals surface area contributed by atoms with Crippen molar-refractivity contribution in [2.24, 2.45) is 17.3 Å². The number of carboxylic acids is 2. The van der Waals surface area contributed by atoms with Crippen molar-refractivity contribution in [2.75, 3.05) is 0 Å². The number of aliphatic carboxylic acids is 2. The van der Waals surface area contributed by atoms with Gasteiger partial charge < -0.3 is 13.1 Å². The van der Waals surface area contributed by atoms with Crippen LogP contribution in [0.1, 0.15) is 48.8 Å².